The number of carbonyl (C=O) groups excluding carboxylic acids is 1. The summed E-state index contributed by atoms with van der Waals surface area (Å²) in [5.41, 5.74) is -4.86. The van der Waals surface area contributed by atoms with Crippen LogP contribution >= 0.6 is 0 Å². The van der Waals surface area contributed by atoms with E-state index in [1.807, 2.05) is 0 Å². The summed E-state index contributed by atoms with van der Waals surface area (Å²) in [7, 11) is -5.89. The minimum Gasteiger partial charge on any atom is -0.464 e. The van der Waals surface area contributed by atoms with Crippen molar-refractivity contribution in [3.63, 3.8) is 0 Å². The van der Waals surface area contributed by atoms with E-state index in [-0.39, 0.29) is 19.4 Å². The molecule has 0 aliphatic heterocycles. The minimum atomic E-state index is -5.89. The van der Waals surface area contributed by atoms with Crippen molar-refractivity contribution in [1.29, 1.82) is 0 Å². The van der Waals surface area contributed by atoms with Crippen LogP contribution in [-0.2, 0) is 30.3 Å². The number of hydrogen-bond acceptors (Lipinski definition) is 5. The van der Waals surface area contributed by atoms with E-state index in [4.69, 9.17) is 4.74 Å². The zero-order valence-electron chi connectivity index (χ0n) is 15.9. The summed E-state index contributed by atoms with van der Waals surface area (Å²) >= 11 is 0. The molecule has 5 nitrogen and oxygen atoms in total. The van der Waals surface area contributed by atoms with E-state index in [1.165, 1.54) is 0 Å². The van der Waals surface area contributed by atoms with Crippen LogP contribution in [0.3, 0.4) is 0 Å². The van der Waals surface area contributed by atoms with E-state index < -0.39 is 27.7 Å². The van der Waals surface area contributed by atoms with Crippen LogP contribution in [0.1, 0.15) is 57.4 Å². The summed E-state index contributed by atoms with van der Waals surface area (Å²) in [4.78, 5) is 12.1. The van der Waals surface area contributed by atoms with E-state index >= 15 is 0 Å². The monoisotopic (exact) mass is 424 g/mol. The molecule has 9 heteroatoms. The Bertz CT molecular complexity index is 675. The topological polar surface area (TPSA) is 69.7 Å². The van der Waals surface area contributed by atoms with Crippen LogP contribution in [0.4, 0.5) is 13.2 Å². The molecule has 160 valence electrons. The Kier molecular flexibility index (Phi) is 10.5. The van der Waals surface area contributed by atoms with Crippen molar-refractivity contribution in [3.8, 4) is 0 Å². The molecule has 1 aromatic rings. The number of alkyl halides is 3. The van der Waals surface area contributed by atoms with Crippen molar-refractivity contribution in [2.24, 2.45) is 0 Å². The highest BCUT2D eigenvalue weighted by Gasteiger charge is 2.49. The first kappa shape index (κ1) is 24.4. The van der Waals surface area contributed by atoms with E-state index in [1.54, 1.807) is 30.3 Å². The second-order valence-electron chi connectivity index (χ2n) is 6.44. The Hall–Kier alpha value is -1.61. The maximum absolute atomic E-state index is 12.6. The van der Waals surface area contributed by atoms with Gasteiger partial charge in [0.1, 0.15) is 0 Å². The van der Waals surface area contributed by atoms with Gasteiger partial charge in [-0.1, -0.05) is 69.4 Å². The lowest BCUT2D eigenvalue weighted by Crippen LogP contribution is -2.35. The van der Waals surface area contributed by atoms with Gasteiger partial charge >= 0.3 is 21.6 Å². The minimum absolute atomic E-state index is 0.0161. The number of halogens is 3. The molecule has 1 unspecified atom stereocenters. The number of ether oxygens (including phenoxy) is 1. The standard InChI is InChI=1S/C19H27F3O5S/c1-2-3-4-5-6-10-15-26-18(23)17(27-28(24,25)19(20,21)22)14-13-16-11-8-7-9-12-16/h7-9,11-12,17H,2-6,10,13-15H2,1H3. The Morgan fingerprint density at radius 1 is 1.04 bits per heavy atom. The third kappa shape index (κ3) is 9.05. The molecule has 0 fully saturated rings. The summed E-state index contributed by atoms with van der Waals surface area (Å²) in [6, 6.07) is 8.66. The number of benzene rings is 1. The maximum atomic E-state index is 12.6. The van der Waals surface area contributed by atoms with Crippen LogP contribution in [0.2, 0.25) is 0 Å². The molecule has 0 spiro atoms. The largest absolute Gasteiger partial charge is 0.523 e. The Labute approximate surface area is 164 Å². The van der Waals surface area contributed by atoms with Gasteiger partial charge in [0.2, 0.25) is 0 Å². The first-order valence-electron chi connectivity index (χ1n) is 9.37. The molecule has 1 rings (SSSR count). The molecule has 0 aliphatic carbocycles. The Balaban J connectivity index is 2.62. The van der Waals surface area contributed by atoms with Gasteiger partial charge in [0.25, 0.3) is 0 Å². The fourth-order valence-corrected chi connectivity index (χ4v) is 3.09. The summed E-state index contributed by atoms with van der Waals surface area (Å²) in [5.74, 6) is -1.10. The number of aryl methyl sites for hydroxylation is 1. The first-order valence-corrected chi connectivity index (χ1v) is 10.8. The van der Waals surface area contributed by atoms with E-state index in [0.29, 0.717) is 6.42 Å². The highest BCUT2D eigenvalue weighted by Crippen LogP contribution is 2.27. The lowest BCUT2D eigenvalue weighted by Gasteiger charge is -2.17. The van der Waals surface area contributed by atoms with Gasteiger partial charge < -0.3 is 4.74 Å². The summed E-state index contributed by atoms with van der Waals surface area (Å²) < 4.78 is 69.6. The van der Waals surface area contributed by atoms with Gasteiger partial charge in [-0.2, -0.15) is 21.6 Å². The van der Waals surface area contributed by atoms with Gasteiger partial charge in [-0.15, -0.1) is 0 Å². The van der Waals surface area contributed by atoms with E-state index in [9.17, 15) is 26.4 Å². The Morgan fingerprint density at radius 3 is 2.25 bits per heavy atom. The fourth-order valence-electron chi connectivity index (χ4n) is 2.50. The molecule has 0 saturated heterocycles. The third-order valence-corrected chi connectivity index (χ3v) is 5.12. The van der Waals surface area contributed by atoms with Crippen LogP contribution in [0.15, 0.2) is 30.3 Å². The SMILES string of the molecule is CCCCCCCCOC(=O)C(CCc1ccccc1)OS(=O)(=O)C(F)(F)F. The van der Waals surface area contributed by atoms with Gasteiger partial charge in [-0.3, -0.25) is 0 Å². The Morgan fingerprint density at radius 2 is 1.64 bits per heavy atom. The average Bonchev–Trinajstić information content (AvgIpc) is 2.64. The average molecular weight is 424 g/mol. The smallest absolute Gasteiger partial charge is 0.464 e. The zero-order chi connectivity index (χ0) is 21.0. The van der Waals surface area contributed by atoms with Crippen LogP contribution < -0.4 is 0 Å². The molecule has 0 bridgehead atoms. The molecular weight excluding hydrogens is 397 g/mol. The van der Waals surface area contributed by atoms with Gasteiger partial charge in [0.15, 0.2) is 6.10 Å². The van der Waals surface area contributed by atoms with Crippen molar-refractivity contribution in [2.45, 2.75) is 69.9 Å². The quantitative estimate of drug-likeness (QED) is 0.198. The predicted octanol–water partition coefficient (Wildman–Crippen LogP) is 4.76. The maximum Gasteiger partial charge on any atom is 0.523 e. The summed E-state index contributed by atoms with van der Waals surface area (Å²) in [6.45, 7) is 2.11. The molecule has 0 amide bonds. The van der Waals surface area contributed by atoms with Crippen molar-refractivity contribution in [2.75, 3.05) is 6.61 Å². The molecule has 0 N–H and O–H groups in total. The molecule has 0 heterocycles. The van der Waals surface area contributed by atoms with Gasteiger partial charge in [0.05, 0.1) is 6.61 Å². The van der Waals surface area contributed by atoms with Crippen molar-refractivity contribution in [3.05, 3.63) is 35.9 Å². The highest BCUT2D eigenvalue weighted by molar-refractivity contribution is 7.87. The lowest BCUT2D eigenvalue weighted by atomic mass is 10.1. The normalized spacial score (nSPS) is 13.3. The molecule has 0 aliphatic rings. The highest BCUT2D eigenvalue weighted by atomic mass is 32.2. The molecule has 28 heavy (non-hydrogen) atoms. The van der Waals surface area contributed by atoms with E-state index in [2.05, 4.69) is 11.1 Å². The van der Waals surface area contributed by atoms with Crippen LogP contribution in [0, 0.1) is 0 Å². The molecular formula is C19H27F3O5S. The predicted molar refractivity (Wildman–Crippen MR) is 98.9 cm³/mol. The summed E-state index contributed by atoms with van der Waals surface area (Å²) in [5, 5.41) is 0. The van der Waals surface area contributed by atoms with Crippen LogP contribution in [0.5, 0.6) is 0 Å². The number of unbranched alkanes of at least 4 members (excludes halogenated alkanes) is 5. The fraction of sp³-hybridized carbons (Fsp3) is 0.632. The molecule has 0 radical (unpaired) electrons. The third-order valence-electron chi connectivity index (χ3n) is 4.07. The van der Waals surface area contributed by atoms with Gasteiger partial charge in [-0.05, 0) is 24.8 Å². The zero-order valence-corrected chi connectivity index (χ0v) is 16.7. The van der Waals surface area contributed by atoms with Crippen molar-refractivity contribution < 1.29 is 35.3 Å². The van der Waals surface area contributed by atoms with Crippen LogP contribution in [0.25, 0.3) is 0 Å². The number of rotatable bonds is 13. The van der Waals surface area contributed by atoms with Gasteiger partial charge in [0, 0.05) is 0 Å². The second kappa shape index (κ2) is 12.1. The number of hydrogen-bond donors (Lipinski definition) is 0. The molecule has 0 saturated carbocycles. The first-order chi connectivity index (χ1) is 13.2. The molecule has 1 atom stereocenters. The lowest BCUT2D eigenvalue weighted by molar-refractivity contribution is -0.153. The summed E-state index contributed by atoms with van der Waals surface area (Å²) in [6.07, 6.45) is 3.73. The van der Waals surface area contributed by atoms with Crippen molar-refractivity contribution >= 4 is 16.1 Å². The van der Waals surface area contributed by atoms with Crippen LogP contribution in [-0.4, -0.2) is 32.6 Å². The number of carbonyl (C=O) groups is 1. The van der Waals surface area contributed by atoms with Crippen molar-refractivity contribution in [1.82, 2.24) is 0 Å². The molecule has 1 aromatic carbocycles. The van der Waals surface area contributed by atoms with Gasteiger partial charge in [-0.25, -0.2) is 8.98 Å². The molecule has 0 aromatic heterocycles. The second-order valence-corrected chi connectivity index (χ2v) is 8.01. The number of esters is 1. The van der Waals surface area contributed by atoms with E-state index in [0.717, 1.165) is 37.7 Å².